The molecule has 2 aliphatic heterocycles. The summed E-state index contributed by atoms with van der Waals surface area (Å²) >= 11 is 0. The van der Waals surface area contributed by atoms with E-state index in [4.69, 9.17) is 4.74 Å². The van der Waals surface area contributed by atoms with Crippen molar-refractivity contribution in [3.8, 4) is 0 Å². The summed E-state index contributed by atoms with van der Waals surface area (Å²) < 4.78 is 46.6. The van der Waals surface area contributed by atoms with E-state index in [1.807, 2.05) is 30.3 Å². The summed E-state index contributed by atoms with van der Waals surface area (Å²) in [5.74, 6) is -0.591. The zero-order valence-corrected chi connectivity index (χ0v) is 19.4. The van der Waals surface area contributed by atoms with E-state index in [0.29, 0.717) is 13.1 Å². The molecule has 0 aromatic heterocycles. The van der Waals surface area contributed by atoms with Crippen LogP contribution in [0, 0.1) is 5.82 Å². The van der Waals surface area contributed by atoms with Crippen molar-refractivity contribution in [2.45, 2.75) is 29.6 Å². The fourth-order valence-corrected chi connectivity index (χ4v) is 5.34. The van der Waals surface area contributed by atoms with Crippen LogP contribution in [0.2, 0.25) is 0 Å². The Morgan fingerprint density at radius 1 is 1.03 bits per heavy atom. The first-order chi connectivity index (χ1) is 16.4. The third-order valence-corrected chi connectivity index (χ3v) is 7.48. The van der Waals surface area contributed by atoms with Gasteiger partial charge in [-0.1, -0.05) is 30.4 Å². The van der Waals surface area contributed by atoms with E-state index in [2.05, 4.69) is 9.62 Å². The Morgan fingerprint density at radius 2 is 1.71 bits per heavy atom. The highest BCUT2D eigenvalue weighted by Crippen LogP contribution is 2.21. The van der Waals surface area contributed by atoms with Gasteiger partial charge in [-0.05, 0) is 36.4 Å². The number of hydrogen-bond acceptors (Lipinski definition) is 6. The summed E-state index contributed by atoms with van der Waals surface area (Å²) in [6.45, 7) is 2.26. The fourth-order valence-electron chi connectivity index (χ4n) is 4.13. The Bertz CT molecular complexity index is 1100. The number of sulfonamides is 1. The van der Waals surface area contributed by atoms with Gasteiger partial charge < -0.3 is 19.6 Å². The molecule has 0 saturated carbocycles. The first-order valence-electron chi connectivity index (χ1n) is 11.2. The maximum atomic E-state index is 13.1. The van der Waals surface area contributed by atoms with Gasteiger partial charge in [0.2, 0.25) is 15.9 Å². The molecule has 8 nitrogen and oxygen atoms in total. The molecule has 2 aromatic carbocycles. The van der Waals surface area contributed by atoms with Gasteiger partial charge in [-0.25, -0.2) is 17.5 Å². The monoisotopic (exact) mass is 489 g/mol. The Balaban J connectivity index is 1.32. The maximum absolute atomic E-state index is 13.1. The van der Waals surface area contributed by atoms with Crippen LogP contribution >= 0.6 is 0 Å². The lowest BCUT2D eigenvalue weighted by Gasteiger charge is -2.37. The second-order valence-electron chi connectivity index (χ2n) is 8.29. The first kappa shape index (κ1) is 24.3. The van der Waals surface area contributed by atoms with Crippen molar-refractivity contribution in [3.63, 3.8) is 0 Å². The van der Waals surface area contributed by atoms with Crippen LogP contribution in [0.3, 0.4) is 0 Å². The number of piperazine rings is 1. The van der Waals surface area contributed by atoms with Crippen molar-refractivity contribution < 1.29 is 27.4 Å². The maximum Gasteiger partial charge on any atom is 0.241 e. The highest BCUT2D eigenvalue weighted by molar-refractivity contribution is 7.89. The quantitative estimate of drug-likeness (QED) is 0.573. The normalized spacial score (nSPS) is 23.2. The molecule has 0 unspecified atom stereocenters. The molecule has 2 aliphatic rings. The van der Waals surface area contributed by atoms with Crippen LogP contribution in [0.1, 0.15) is 6.42 Å². The molecule has 2 heterocycles. The molecular weight excluding hydrogens is 461 g/mol. The van der Waals surface area contributed by atoms with Gasteiger partial charge in [0.1, 0.15) is 11.9 Å². The van der Waals surface area contributed by atoms with Crippen molar-refractivity contribution >= 4 is 21.6 Å². The standard InChI is InChI=1S/C24H28FN3O5S/c25-18-6-9-21(10-7-18)34(31,32)26-22-11-8-20(33-23(22)17-29)16-24(30)28-14-12-27(13-15-28)19-4-2-1-3-5-19/h1-11,20,22-23,26,29H,12-17H2/t20-,22-,23-/m0/s1. The number of rotatable bonds is 7. The topological polar surface area (TPSA) is 99.2 Å². The second-order valence-corrected chi connectivity index (χ2v) is 10.0. The molecular formula is C24H28FN3O5S. The third kappa shape index (κ3) is 5.82. The molecule has 1 amide bonds. The Kier molecular flexibility index (Phi) is 7.62. The van der Waals surface area contributed by atoms with Crippen LogP contribution < -0.4 is 9.62 Å². The van der Waals surface area contributed by atoms with Gasteiger partial charge in [0.15, 0.2) is 0 Å². The van der Waals surface area contributed by atoms with Gasteiger partial charge >= 0.3 is 0 Å². The van der Waals surface area contributed by atoms with Crippen LogP contribution in [0.15, 0.2) is 71.6 Å². The zero-order chi connectivity index (χ0) is 24.1. The van der Waals surface area contributed by atoms with Gasteiger partial charge in [0.25, 0.3) is 0 Å². The summed E-state index contributed by atoms with van der Waals surface area (Å²) in [5, 5.41) is 9.76. The Labute approximate surface area is 198 Å². The molecule has 2 N–H and O–H groups in total. The number of halogens is 1. The third-order valence-electron chi connectivity index (χ3n) is 6.01. The van der Waals surface area contributed by atoms with Crippen LogP contribution in [0.4, 0.5) is 10.1 Å². The molecule has 34 heavy (non-hydrogen) atoms. The highest BCUT2D eigenvalue weighted by atomic mass is 32.2. The number of ether oxygens (including phenoxy) is 1. The van der Waals surface area contributed by atoms with Crippen LogP contribution in [0.5, 0.6) is 0 Å². The lowest BCUT2D eigenvalue weighted by molar-refractivity contribution is -0.135. The number of aliphatic hydroxyl groups is 1. The SMILES string of the molecule is O=C(C[C@@H]1C=C[C@H](NS(=O)(=O)c2ccc(F)cc2)[C@H](CO)O1)N1CCN(c2ccccc2)CC1. The van der Waals surface area contributed by atoms with Crippen LogP contribution in [0.25, 0.3) is 0 Å². The molecule has 0 radical (unpaired) electrons. The molecule has 2 aromatic rings. The van der Waals surface area contributed by atoms with Crippen molar-refractivity contribution in [1.29, 1.82) is 0 Å². The van der Waals surface area contributed by atoms with Gasteiger partial charge in [-0.2, -0.15) is 0 Å². The van der Waals surface area contributed by atoms with Crippen LogP contribution in [-0.2, 0) is 19.6 Å². The predicted octanol–water partition coefficient (Wildman–Crippen LogP) is 1.53. The average Bonchev–Trinajstić information content (AvgIpc) is 2.85. The summed E-state index contributed by atoms with van der Waals surface area (Å²) in [6.07, 6.45) is 1.92. The molecule has 4 rings (SSSR count). The number of nitrogens with zero attached hydrogens (tertiary/aromatic N) is 2. The number of carbonyl (C=O) groups is 1. The van der Waals surface area contributed by atoms with Crippen molar-refractivity contribution in [2.75, 3.05) is 37.7 Å². The van der Waals surface area contributed by atoms with Gasteiger partial charge in [0.05, 0.1) is 30.1 Å². The van der Waals surface area contributed by atoms with Gasteiger partial charge in [0, 0.05) is 31.9 Å². The van der Waals surface area contributed by atoms with E-state index in [-0.39, 0.29) is 17.2 Å². The number of amides is 1. The summed E-state index contributed by atoms with van der Waals surface area (Å²) in [4.78, 5) is 16.8. The minimum absolute atomic E-state index is 0.0515. The summed E-state index contributed by atoms with van der Waals surface area (Å²) in [7, 11) is -3.94. The fraction of sp³-hybridized carbons (Fsp3) is 0.375. The number of aliphatic hydroxyl groups excluding tert-OH is 1. The number of para-hydroxylation sites is 1. The smallest absolute Gasteiger partial charge is 0.241 e. The van der Waals surface area contributed by atoms with E-state index in [0.717, 1.165) is 43.0 Å². The summed E-state index contributed by atoms with van der Waals surface area (Å²) in [6, 6.07) is 13.7. The van der Waals surface area contributed by atoms with E-state index in [1.54, 1.807) is 17.1 Å². The number of benzene rings is 2. The largest absolute Gasteiger partial charge is 0.394 e. The van der Waals surface area contributed by atoms with E-state index in [1.165, 1.54) is 0 Å². The Morgan fingerprint density at radius 3 is 2.35 bits per heavy atom. The molecule has 0 bridgehead atoms. The van der Waals surface area contributed by atoms with Gasteiger partial charge in [-0.15, -0.1) is 0 Å². The summed E-state index contributed by atoms with van der Waals surface area (Å²) in [5.41, 5.74) is 1.13. The van der Waals surface area contributed by atoms with Crippen molar-refractivity contribution in [2.24, 2.45) is 0 Å². The van der Waals surface area contributed by atoms with E-state index >= 15 is 0 Å². The van der Waals surface area contributed by atoms with E-state index < -0.39 is 40.7 Å². The molecule has 3 atom stereocenters. The molecule has 1 fully saturated rings. The minimum Gasteiger partial charge on any atom is -0.394 e. The number of nitrogens with one attached hydrogen (secondary N) is 1. The number of hydrogen-bond donors (Lipinski definition) is 2. The van der Waals surface area contributed by atoms with E-state index in [9.17, 15) is 22.7 Å². The van der Waals surface area contributed by atoms with Crippen LogP contribution in [-0.4, -0.2) is 75.4 Å². The van der Waals surface area contributed by atoms with Crippen molar-refractivity contribution in [3.05, 3.63) is 72.6 Å². The predicted molar refractivity (Wildman–Crippen MR) is 125 cm³/mol. The highest BCUT2D eigenvalue weighted by Gasteiger charge is 2.32. The zero-order valence-electron chi connectivity index (χ0n) is 18.6. The molecule has 10 heteroatoms. The average molecular weight is 490 g/mol. The molecule has 0 spiro atoms. The van der Waals surface area contributed by atoms with Crippen molar-refractivity contribution in [1.82, 2.24) is 9.62 Å². The second kappa shape index (κ2) is 10.6. The molecule has 182 valence electrons. The van der Waals surface area contributed by atoms with Gasteiger partial charge in [-0.3, -0.25) is 4.79 Å². The first-order valence-corrected chi connectivity index (χ1v) is 12.6. The molecule has 0 aliphatic carbocycles. The molecule has 1 saturated heterocycles. The lowest BCUT2D eigenvalue weighted by Crippen LogP contribution is -2.51. The lowest BCUT2D eigenvalue weighted by atomic mass is 10.1. The number of carbonyl (C=O) groups excluding carboxylic acids is 1. The Hall–Kier alpha value is -2.79. The minimum atomic E-state index is -3.94. The number of anilines is 1.